The van der Waals surface area contributed by atoms with E-state index >= 15 is 0 Å². The van der Waals surface area contributed by atoms with E-state index in [4.69, 9.17) is 9.84 Å². The van der Waals surface area contributed by atoms with Crippen LogP contribution in [0.4, 0.5) is 0 Å². The van der Waals surface area contributed by atoms with Crippen LogP contribution in [0.15, 0.2) is 36.4 Å². The van der Waals surface area contributed by atoms with Crippen molar-refractivity contribution in [2.24, 2.45) is 0 Å². The molecule has 0 heterocycles. The van der Waals surface area contributed by atoms with Crippen molar-refractivity contribution < 1.29 is 14.9 Å². The van der Waals surface area contributed by atoms with Crippen molar-refractivity contribution in [1.29, 1.82) is 0 Å². The molecule has 0 fully saturated rings. The third kappa shape index (κ3) is 2.47. The summed E-state index contributed by atoms with van der Waals surface area (Å²) >= 11 is 0. The summed E-state index contributed by atoms with van der Waals surface area (Å²) in [4.78, 5) is 0. The van der Waals surface area contributed by atoms with E-state index in [2.05, 4.69) is 0 Å². The van der Waals surface area contributed by atoms with Gasteiger partial charge >= 0.3 is 0 Å². The number of ether oxygens (including phenoxy) is 1. The molecule has 0 radical (unpaired) electrons. The topological polar surface area (TPSA) is 49.7 Å². The van der Waals surface area contributed by atoms with Gasteiger partial charge in [0.1, 0.15) is 5.75 Å². The molecule has 0 saturated heterocycles. The van der Waals surface area contributed by atoms with Crippen LogP contribution in [-0.4, -0.2) is 30.0 Å². The number of hydrogen-bond acceptors (Lipinski definition) is 3. The van der Waals surface area contributed by atoms with Crippen molar-refractivity contribution in [2.45, 2.75) is 18.9 Å². The third-order valence-electron chi connectivity index (χ3n) is 3.36. The SMILES string of the molecule is COc1ccc2cc([C@H](C)[C@@H](O)CO)ccc2c1. The molecule has 0 aliphatic rings. The molecule has 2 N–H and O–H groups in total. The molecule has 0 unspecified atom stereocenters. The van der Waals surface area contributed by atoms with Crippen molar-refractivity contribution in [1.82, 2.24) is 0 Å². The maximum absolute atomic E-state index is 9.66. The Balaban J connectivity index is 2.38. The van der Waals surface area contributed by atoms with Crippen molar-refractivity contribution in [3.8, 4) is 5.75 Å². The fraction of sp³-hybridized carbons (Fsp3) is 0.333. The summed E-state index contributed by atoms with van der Waals surface area (Å²) < 4.78 is 5.18. The van der Waals surface area contributed by atoms with Crippen LogP contribution in [0.3, 0.4) is 0 Å². The van der Waals surface area contributed by atoms with Crippen LogP contribution < -0.4 is 4.74 Å². The van der Waals surface area contributed by atoms with Crippen LogP contribution in [0, 0.1) is 0 Å². The first kappa shape index (κ1) is 12.9. The molecular weight excluding hydrogens is 228 g/mol. The Labute approximate surface area is 107 Å². The molecule has 2 aromatic rings. The molecule has 18 heavy (non-hydrogen) atoms. The molecule has 0 bridgehead atoms. The summed E-state index contributed by atoms with van der Waals surface area (Å²) in [5.41, 5.74) is 1.02. The molecule has 3 nitrogen and oxygen atoms in total. The second-order valence-corrected chi connectivity index (χ2v) is 4.51. The first-order valence-corrected chi connectivity index (χ1v) is 6.02. The van der Waals surface area contributed by atoms with Crippen LogP contribution in [0.1, 0.15) is 18.4 Å². The fourth-order valence-electron chi connectivity index (χ4n) is 2.03. The number of methoxy groups -OCH3 is 1. The lowest BCUT2D eigenvalue weighted by Crippen LogP contribution is -2.19. The molecule has 0 spiro atoms. The zero-order chi connectivity index (χ0) is 13.1. The van der Waals surface area contributed by atoms with Gasteiger partial charge in [-0.1, -0.05) is 31.2 Å². The van der Waals surface area contributed by atoms with Gasteiger partial charge in [0.2, 0.25) is 0 Å². The number of fused-ring (bicyclic) bond motifs is 1. The third-order valence-corrected chi connectivity index (χ3v) is 3.36. The minimum absolute atomic E-state index is 0.0819. The average Bonchev–Trinajstić information content (AvgIpc) is 2.44. The Kier molecular flexibility index (Phi) is 3.84. The van der Waals surface area contributed by atoms with Gasteiger partial charge in [0.25, 0.3) is 0 Å². The predicted octanol–water partition coefficient (Wildman–Crippen LogP) is 2.31. The van der Waals surface area contributed by atoms with Gasteiger partial charge in [-0.3, -0.25) is 0 Å². The molecule has 0 aliphatic heterocycles. The summed E-state index contributed by atoms with van der Waals surface area (Å²) in [6.07, 6.45) is -0.722. The van der Waals surface area contributed by atoms with E-state index in [0.29, 0.717) is 0 Å². The minimum atomic E-state index is -0.722. The summed E-state index contributed by atoms with van der Waals surface area (Å²) in [7, 11) is 1.65. The van der Waals surface area contributed by atoms with Gasteiger partial charge in [-0.2, -0.15) is 0 Å². The van der Waals surface area contributed by atoms with E-state index in [1.165, 1.54) is 0 Å². The molecular formula is C15H18O3. The van der Waals surface area contributed by atoms with E-state index < -0.39 is 6.10 Å². The van der Waals surface area contributed by atoms with Crippen molar-refractivity contribution in [2.75, 3.05) is 13.7 Å². The van der Waals surface area contributed by atoms with E-state index in [1.54, 1.807) is 7.11 Å². The van der Waals surface area contributed by atoms with Gasteiger partial charge in [0.05, 0.1) is 19.8 Å². The standard InChI is InChI=1S/C15H18O3/c1-10(15(17)9-16)11-3-4-13-8-14(18-2)6-5-12(13)7-11/h3-8,10,15-17H,9H2,1-2H3/t10-,15-/m0/s1. The lowest BCUT2D eigenvalue weighted by Gasteiger charge is -2.17. The molecule has 2 aromatic carbocycles. The minimum Gasteiger partial charge on any atom is -0.497 e. The molecule has 0 saturated carbocycles. The second-order valence-electron chi connectivity index (χ2n) is 4.51. The highest BCUT2D eigenvalue weighted by molar-refractivity contribution is 5.84. The van der Waals surface area contributed by atoms with Gasteiger partial charge in [0, 0.05) is 5.92 Å². The second kappa shape index (κ2) is 5.38. The van der Waals surface area contributed by atoms with Crippen LogP contribution >= 0.6 is 0 Å². The van der Waals surface area contributed by atoms with Crippen molar-refractivity contribution >= 4 is 10.8 Å². The largest absolute Gasteiger partial charge is 0.497 e. The monoisotopic (exact) mass is 246 g/mol. The highest BCUT2D eigenvalue weighted by Gasteiger charge is 2.15. The summed E-state index contributed by atoms with van der Waals surface area (Å²) in [5.74, 6) is 0.750. The predicted molar refractivity (Wildman–Crippen MR) is 72.0 cm³/mol. The zero-order valence-electron chi connectivity index (χ0n) is 10.6. The number of benzene rings is 2. The molecule has 96 valence electrons. The number of aliphatic hydroxyl groups is 2. The molecule has 3 heteroatoms. The Morgan fingerprint density at radius 2 is 1.78 bits per heavy atom. The van der Waals surface area contributed by atoms with E-state index in [-0.39, 0.29) is 12.5 Å². The normalized spacial score (nSPS) is 14.4. The molecule has 0 aromatic heterocycles. The van der Waals surface area contributed by atoms with Gasteiger partial charge in [0.15, 0.2) is 0 Å². The smallest absolute Gasteiger partial charge is 0.119 e. The van der Waals surface area contributed by atoms with Crippen molar-refractivity contribution in [3.05, 3.63) is 42.0 Å². The Hall–Kier alpha value is -1.58. The summed E-state index contributed by atoms with van der Waals surface area (Å²) in [6, 6.07) is 11.9. The highest BCUT2D eigenvalue weighted by Crippen LogP contribution is 2.26. The van der Waals surface area contributed by atoms with E-state index in [0.717, 1.165) is 22.1 Å². The van der Waals surface area contributed by atoms with Gasteiger partial charge in [-0.05, 0) is 28.5 Å². The Morgan fingerprint density at radius 3 is 2.44 bits per heavy atom. The average molecular weight is 246 g/mol. The first-order valence-electron chi connectivity index (χ1n) is 6.02. The maximum Gasteiger partial charge on any atom is 0.119 e. The summed E-state index contributed by atoms with van der Waals surface area (Å²) in [5, 5.41) is 20.8. The van der Waals surface area contributed by atoms with Crippen LogP contribution in [0.25, 0.3) is 10.8 Å². The van der Waals surface area contributed by atoms with Crippen molar-refractivity contribution in [3.63, 3.8) is 0 Å². The molecule has 2 rings (SSSR count). The van der Waals surface area contributed by atoms with Gasteiger partial charge in [-0.25, -0.2) is 0 Å². The fourth-order valence-corrected chi connectivity index (χ4v) is 2.03. The quantitative estimate of drug-likeness (QED) is 0.870. The van der Waals surface area contributed by atoms with Gasteiger partial charge < -0.3 is 14.9 Å². The zero-order valence-corrected chi connectivity index (χ0v) is 10.6. The van der Waals surface area contributed by atoms with Gasteiger partial charge in [-0.15, -0.1) is 0 Å². The molecule has 2 atom stereocenters. The highest BCUT2D eigenvalue weighted by atomic mass is 16.5. The van der Waals surface area contributed by atoms with E-state index in [9.17, 15) is 5.11 Å². The van der Waals surface area contributed by atoms with Crippen LogP contribution in [-0.2, 0) is 0 Å². The Bertz CT molecular complexity index is 536. The number of hydrogen-bond donors (Lipinski definition) is 2. The molecule has 0 amide bonds. The van der Waals surface area contributed by atoms with E-state index in [1.807, 2.05) is 43.3 Å². The summed E-state index contributed by atoms with van der Waals surface area (Å²) in [6.45, 7) is 1.69. The lowest BCUT2D eigenvalue weighted by atomic mass is 9.93. The first-order chi connectivity index (χ1) is 8.65. The molecule has 0 aliphatic carbocycles. The Morgan fingerprint density at radius 1 is 1.11 bits per heavy atom. The number of aliphatic hydroxyl groups excluding tert-OH is 2. The lowest BCUT2D eigenvalue weighted by molar-refractivity contribution is 0.0773. The maximum atomic E-state index is 9.66. The van der Waals surface area contributed by atoms with Crippen LogP contribution in [0.2, 0.25) is 0 Å². The number of rotatable bonds is 4. The van der Waals surface area contributed by atoms with Crippen LogP contribution in [0.5, 0.6) is 5.75 Å².